The molecule has 16 saturated carbocycles. The zero-order valence-electron chi connectivity index (χ0n) is 78.8. The first-order chi connectivity index (χ1) is 59.7. The lowest BCUT2D eigenvalue weighted by atomic mass is 9.45. The number of halogens is 1. The Balaban J connectivity index is 0.000000114. The molecular weight excluding hydrogens is 1580 g/mol. The van der Waals surface area contributed by atoms with Crippen LogP contribution in [0.5, 0.6) is 0 Å². The summed E-state index contributed by atoms with van der Waals surface area (Å²) in [7, 11) is 4.64. The molecule has 41 unspecified atom stereocenters. The first kappa shape index (κ1) is 93.9. The second-order valence-electron chi connectivity index (χ2n) is 45.8. The maximum absolute atomic E-state index is 13.6. The molecule has 24 aliphatic carbocycles. The predicted molar refractivity (Wildman–Crippen MR) is 483 cm³/mol. The number of carbonyl (C=O) groups excluding carboxylic acids is 8. The summed E-state index contributed by atoms with van der Waals surface area (Å²) < 4.78 is 21.3. The van der Waals surface area contributed by atoms with Crippen LogP contribution in [0.3, 0.4) is 0 Å². The SMILES string of the molecule is CC1(C#N)CC2C=CC1C2.CC1(Cl)CC2C=CC1C2.CC1(N)CC2C=CC1C2.CC1(O)CC2C=CC1C2.CCC1(C(=O)OC)CC2C=CC1C2.CCC1(C)C2CC(C3C4CC(C5C6C=CC(C6)C45)C32)C1(CC)C(=O)OC.CCCCC1(C(=O)OC)CC2C=CC1C2.CCOC(=O)C1(CC)C2CC(C3C4CC(C5C6C=CC(C6)C45)C32)C1(CC)CC.O=C=O.O=C=O. The monoisotopic (exact) mass is 1740 g/mol. The van der Waals surface area contributed by atoms with Crippen molar-refractivity contribution in [3.63, 3.8) is 0 Å². The summed E-state index contributed by atoms with van der Waals surface area (Å²) in [5.74, 6) is 25.1. The molecule has 24 bridgehead atoms. The summed E-state index contributed by atoms with van der Waals surface area (Å²) in [4.78, 5) is 83.2. The van der Waals surface area contributed by atoms with Gasteiger partial charge in [0.05, 0.1) is 66.7 Å². The van der Waals surface area contributed by atoms with E-state index in [0.29, 0.717) is 71.7 Å². The summed E-state index contributed by atoms with van der Waals surface area (Å²) in [6.45, 7) is 29.2. The minimum atomic E-state index is -0.376. The Morgan fingerprint density at radius 2 is 0.792 bits per heavy atom. The molecule has 24 rings (SSSR count). The highest BCUT2D eigenvalue weighted by Crippen LogP contribution is 2.85. The second kappa shape index (κ2) is 35.8. The van der Waals surface area contributed by atoms with E-state index in [9.17, 15) is 24.3 Å². The van der Waals surface area contributed by atoms with Gasteiger partial charge in [0.25, 0.3) is 0 Å². The number of unbranched alkanes of at least 4 members (excludes halogenated alkanes) is 1. The molecule has 0 aliphatic heterocycles. The van der Waals surface area contributed by atoms with Gasteiger partial charge in [-0.2, -0.15) is 24.4 Å². The first-order valence-corrected chi connectivity index (χ1v) is 50.6. The van der Waals surface area contributed by atoms with Crippen LogP contribution in [0.2, 0.25) is 0 Å². The van der Waals surface area contributed by atoms with E-state index in [0.717, 1.165) is 214 Å². The molecule has 16 heteroatoms. The summed E-state index contributed by atoms with van der Waals surface area (Å²) in [6, 6.07) is 2.42. The van der Waals surface area contributed by atoms with Crippen LogP contribution in [0.1, 0.15) is 263 Å². The van der Waals surface area contributed by atoms with Crippen LogP contribution in [-0.4, -0.2) is 85.2 Å². The van der Waals surface area contributed by atoms with Crippen molar-refractivity contribution in [1.82, 2.24) is 0 Å². The Morgan fingerprint density at radius 1 is 0.400 bits per heavy atom. The van der Waals surface area contributed by atoms with E-state index in [1.54, 1.807) is 7.11 Å². The number of aliphatic hydroxyl groups is 1. The van der Waals surface area contributed by atoms with Crippen LogP contribution in [0.15, 0.2) is 97.2 Å². The van der Waals surface area contributed by atoms with E-state index in [1.165, 1.54) is 97.7 Å². The van der Waals surface area contributed by atoms with Crippen molar-refractivity contribution in [1.29, 1.82) is 5.26 Å². The van der Waals surface area contributed by atoms with Crippen molar-refractivity contribution in [2.75, 3.05) is 27.9 Å². The predicted octanol–water partition coefficient (Wildman–Crippen LogP) is 21.9. The van der Waals surface area contributed by atoms with Gasteiger partial charge in [0, 0.05) is 16.3 Å². The van der Waals surface area contributed by atoms with Crippen molar-refractivity contribution < 1.29 is 62.4 Å². The smallest absolute Gasteiger partial charge is 0.373 e. The third-order valence-corrected chi connectivity index (χ3v) is 42.1. The minimum absolute atomic E-state index is 0.00755. The Kier molecular flexibility index (Phi) is 26.9. The van der Waals surface area contributed by atoms with Crippen LogP contribution in [-0.2, 0) is 57.3 Å². The molecule has 0 aromatic carbocycles. The van der Waals surface area contributed by atoms with Gasteiger partial charge in [-0.1, -0.05) is 165 Å². The van der Waals surface area contributed by atoms with Crippen molar-refractivity contribution >= 4 is 47.8 Å². The number of esters is 4. The second-order valence-corrected chi connectivity index (χ2v) is 46.6. The van der Waals surface area contributed by atoms with Crippen molar-refractivity contribution in [3.05, 3.63) is 97.2 Å². The van der Waals surface area contributed by atoms with Gasteiger partial charge in [-0.3, -0.25) is 19.2 Å². The van der Waals surface area contributed by atoms with E-state index < -0.39 is 0 Å². The Bertz CT molecular complexity index is 4250. The molecule has 0 amide bonds. The lowest BCUT2D eigenvalue weighted by molar-refractivity contribution is -0.193. The number of nitrogens with zero attached hydrogens (tertiary/aromatic N) is 1. The van der Waals surface area contributed by atoms with E-state index in [-0.39, 0.29) is 90.1 Å². The summed E-state index contributed by atoms with van der Waals surface area (Å²) >= 11 is 6.21. The van der Waals surface area contributed by atoms with Crippen molar-refractivity contribution in [2.24, 2.45) is 233 Å². The lowest BCUT2D eigenvalue weighted by Crippen LogP contribution is -2.58. The van der Waals surface area contributed by atoms with Crippen LogP contribution >= 0.6 is 11.6 Å². The van der Waals surface area contributed by atoms with Crippen LogP contribution < -0.4 is 5.73 Å². The molecule has 686 valence electrons. The maximum Gasteiger partial charge on any atom is 0.373 e. The van der Waals surface area contributed by atoms with Gasteiger partial charge in [-0.25, -0.2) is 0 Å². The van der Waals surface area contributed by atoms with E-state index in [2.05, 4.69) is 179 Å². The van der Waals surface area contributed by atoms with Crippen LogP contribution in [0.4, 0.5) is 0 Å². The number of alkyl halides is 1. The number of carbonyl (C=O) groups is 4. The number of rotatable bonds is 14. The van der Waals surface area contributed by atoms with E-state index >= 15 is 0 Å². The Morgan fingerprint density at radius 3 is 1.09 bits per heavy atom. The normalized spacial score (nSPS) is 50.2. The molecule has 0 spiro atoms. The molecule has 0 heterocycles. The zero-order chi connectivity index (χ0) is 89.8. The average molecular weight is 1740 g/mol. The Labute approximate surface area is 754 Å². The molecule has 0 saturated heterocycles. The molecule has 125 heavy (non-hydrogen) atoms. The summed E-state index contributed by atoms with van der Waals surface area (Å²) in [6.07, 6.45) is 69.7. The fourth-order valence-electron chi connectivity index (χ4n) is 36.9. The summed E-state index contributed by atoms with van der Waals surface area (Å²) in [5, 5.41) is 18.5. The quantitative estimate of drug-likeness (QED) is 0.0540. The molecule has 0 aromatic heterocycles. The van der Waals surface area contributed by atoms with Crippen LogP contribution in [0.25, 0.3) is 0 Å². The third kappa shape index (κ3) is 14.7. The molecule has 15 nitrogen and oxygen atoms in total. The Hall–Kier alpha value is -5.74. The average Bonchev–Trinajstić information content (AvgIpc) is 1.43. The van der Waals surface area contributed by atoms with Gasteiger partial charge in [-0.05, 0) is 389 Å². The van der Waals surface area contributed by atoms with Gasteiger partial charge in [0.15, 0.2) is 0 Å². The number of allylic oxidation sites excluding steroid dienone is 14. The number of ether oxygens (including phenoxy) is 4. The number of nitriles is 1. The third-order valence-electron chi connectivity index (χ3n) is 41.7. The van der Waals surface area contributed by atoms with Gasteiger partial charge in [-0.15, -0.1) is 11.6 Å². The fourth-order valence-corrected chi connectivity index (χ4v) is 37.3. The van der Waals surface area contributed by atoms with Gasteiger partial charge >= 0.3 is 36.2 Å². The fraction of sp³-hybridized carbons (Fsp3) is 0.789. The highest BCUT2D eigenvalue weighted by Gasteiger charge is 2.82. The molecule has 41 atom stereocenters. The highest BCUT2D eigenvalue weighted by atomic mass is 35.5. The number of hydrogen-bond donors (Lipinski definition) is 2. The van der Waals surface area contributed by atoms with Crippen LogP contribution in [0, 0.1) is 239 Å². The topological polar surface area (TPSA) is 244 Å². The molecular formula is C109H155ClN2O13. The minimum Gasteiger partial charge on any atom is -0.469 e. The highest BCUT2D eigenvalue weighted by molar-refractivity contribution is 6.24. The molecule has 3 N–H and O–H groups in total. The van der Waals surface area contributed by atoms with Gasteiger partial charge in [0.2, 0.25) is 0 Å². The number of methoxy groups -OCH3 is 3. The number of hydrogen-bond acceptors (Lipinski definition) is 15. The largest absolute Gasteiger partial charge is 0.469 e. The summed E-state index contributed by atoms with van der Waals surface area (Å²) in [5.41, 5.74) is 5.23. The maximum atomic E-state index is 13.6. The van der Waals surface area contributed by atoms with Gasteiger partial charge in [0.1, 0.15) is 0 Å². The molecule has 0 radical (unpaired) electrons. The molecule has 0 aromatic rings. The standard InChI is InChI=1S/C26H38O2.C24H34O2.C13H20O2.C11H16O2.C9H11N.C8H11Cl.C8H13N.C8H12O.2CO2/c1-5-25(6-2)18-13-19(26(25,7-3)24(27)28-8-4)23-17-12-16(22(18)23)20-14-9-10-15(11-14)21(17)20;1-5-23(3)16-11-17(24(23,6-2)22(25)26-4)21-15-10-14(20(16)21)18-12-7-8-13(9-12)19(15)18;1-3-4-7-13(12(14)15-2)9-10-5-6-11(13)8-10;1-3-11(10(12)13-2)7-8-4-5-9(11)6-8;1-9(6-10)5-7-2-3-8(9)4-7;3*1-8(9)5-6-2-3-7(8)4-6;2*2-1-3/h9-10,14-23H,5-8,11-13H2,1-4H3;7-8,12-21H,5-6,9-11H2,1-4H3;5-6,10-11H,3-4,7-9H2,1-2H3;4-5,8-9H,3,6-7H2,1-2H3;2-3,7-8H,4-5H2,1H3;2-3,6-7H,4-5H2,1H3;2-3,6-7H,4-5,9H2,1H3;2-3,6-7,9H,4-5H2,1H3;;. The van der Waals surface area contributed by atoms with Crippen molar-refractivity contribution in [3.8, 4) is 6.07 Å². The van der Waals surface area contributed by atoms with Crippen molar-refractivity contribution in [2.45, 2.75) is 279 Å². The number of nitrogens with two attached hydrogens (primary N) is 1. The number of fused-ring (bicyclic) bond motifs is 44. The van der Waals surface area contributed by atoms with E-state index in [4.69, 9.17) is 60.7 Å². The van der Waals surface area contributed by atoms with E-state index in [1.807, 2.05) is 13.8 Å². The first-order valence-electron chi connectivity index (χ1n) is 50.2. The zero-order valence-corrected chi connectivity index (χ0v) is 79.5. The molecule has 24 aliphatic rings. The lowest BCUT2D eigenvalue weighted by Gasteiger charge is -2.58. The van der Waals surface area contributed by atoms with Gasteiger partial charge < -0.3 is 29.8 Å². The molecule has 16 fully saturated rings.